The first-order chi connectivity index (χ1) is 6.33. The maximum Gasteiger partial charge on any atom is 0.213 e. The number of ether oxygens (including phenoxy) is 2. The number of aromatic nitrogens is 1. The van der Waals surface area contributed by atoms with E-state index in [2.05, 4.69) is 4.98 Å². The van der Waals surface area contributed by atoms with Crippen LogP contribution in [0, 0.1) is 0 Å². The minimum Gasteiger partial charge on any atom is -0.506 e. The van der Waals surface area contributed by atoms with E-state index in [4.69, 9.17) is 14.6 Å². The number of aromatic hydroxyl groups is 1. The smallest absolute Gasteiger partial charge is 0.213 e. The molecule has 0 aliphatic heterocycles. The van der Waals surface area contributed by atoms with E-state index in [0.29, 0.717) is 25.7 Å². The lowest BCUT2D eigenvalue weighted by atomic mass is 10.4. The monoisotopic (exact) mass is 183 g/mol. The lowest BCUT2D eigenvalue weighted by molar-refractivity contribution is 0.108. The Bertz CT molecular complexity index is 235. The van der Waals surface area contributed by atoms with Gasteiger partial charge in [-0.15, -0.1) is 0 Å². The van der Waals surface area contributed by atoms with Crippen LogP contribution in [0.5, 0.6) is 11.6 Å². The van der Waals surface area contributed by atoms with Crippen molar-refractivity contribution in [2.24, 2.45) is 0 Å². The number of nitrogens with zero attached hydrogens (tertiary/aromatic N) is 1. The third kappa shape index (κ3) is 3.75. The van der Waals surface area contributed by atoms with E-state index < -0.39 is 0 Å². The lowest BCUT2D eigenvalue weighted by Crippen LogP contribution is -2.06. The fourth-order valence-corrected chi connectivity index (χ4v) is 0.807. The fraction of sp³-hybridized carbons (Fsp3) is 0.444. The molecule has 0 unspecified atom stereocenters. The molecule has 1 N–H and O–H groups in total. The summed E-state index contributed by atoms with van der Waals surface area (Å²) < 4.78 is 10.3. The van der Waals surface area contributed by atoms with E-state index in [-0.39, 0.29) is 5.75 Å². The SMILES string of the molecule is CCOCCOc1ccc(O)cn1. The molecule has 0 aliphatic carbocycles. The molecule has 1 heterocycles. The van der Waals surface area contributed by atoms with Crippen molar-refractivity contribution >= 4 is 0 Å². The third-order valence-electron chi connectivity index (χ3n) is 1.40. The summed E-state index contributed by atoms with van der Waals surface area (Å²) in [5.74, 6) is 0.634. The van der Waals surface area contributed by atoms with Crippen LogP contribution in [0.2, 0.25) is 0 Å². The summed E-state index contributed by atoms with van der Waals surface area (Å²) in [5.41, 5.74) is 0. The molecule has 0 spiro atoms. The van der Waals surface area contributed by atoms with E-state index in [0.717, 1.165) is 0 Å². The van der Waals surface area contributed by atoms with Gasteiger partial charge in [0.15, 0.2) is 0 Å². The molecule has 4 heteroatoms. The first-order valence-electron chi connectivity index (χ1n) is 4.18. The first-order valence-corrected chi connectivity index (χ1v) is 4.18. The van der Waals surface area contributed by atoms with Crippen molar-refractivity contribution in [3.05, 3.63) is 18.3 Å². The molecule has 1 aromatic heterocycles. The first kappa shape index (κ1) is 9.80. The van der Waals surface area contributed by atoms with Crippen LogP contribution in [0.4, 0.5) is 0 Å². The van der Waals surface area contributed by atoms with Crippen LogP contribution in [-0.2, 0) is 4.74 Å². The van der Waals surface area contributed by atoms with Crippen molar-refractivity contribution in [1.29, 1.82) is 0 Å². The molecule has 0 saturated carbocycles. The van der Waals surface area contributed by atoms with Gasteiger partial charge in [-0.05, 0) is 13.0 Å². The zero-order valence-corrected chi connectivity index (χ0v) is 7.56. The van der Waals surface area contributed by atoms with Gasteiger partial charge in [0, 0.05) is 12.7 Å². The summed E-state index contributed by atoms with van der Waals surface area (Å²) in [7, 11) is 0. The molecule has 0 atom stereocenters. The van der Waals surface area contributed by atoms with Crippen LogP contribution in [0.25, 0.3) is 0 Å². The molecular formula is C9H13NO3. The van der Waals surface area contributed by atoms with Gasteiger partial charge in [-0.2, -0.15) is 0 Å². The Morgan fingerprint density at radius 1 is 1.38 bits per heavy atom. The van der Waals surface area contributed by atoms with Gasteiger partial charge in [0.05, 0.1) is 12.8 Å². The van der Waals surface area contributed by atoms with Gasteiger partial charge in [-0.3, -0.25) is 0 Å². The Hall–Kier alpha value is -1.29. The summed E-state index contributed by atoms with van der Waals surface area (Å²) in [6.45, 7) is 3.65. The summed E-state index contributed by atoms with van der Waals surface area (Å²) in [6, 6.07) is 3.14. The van der Waals surface area contributed by atoms with Crippen LogP contribution in [0.1, 0.15) is 6.92 Å². The maximum absolute atomic E-state index is 8.92. The topological polar surface area (TPSA) is 51.6 Å². The Kier molecular flexibility index (Phi) is 4.05. The third-order valence-corrected chi connectivity index (χ3v) is 1.40. The van der Waals surface area contributed by atoms with Gasteiger partial charge in [0.25, 0.3) is 0 Å². The molecule has 0 fully saturated rings. The zero-order chi connectivity index (χ0) is 9.52. The lowest BCUT2D eigenvalue weighted by Gasteiger charge is -2.04. The highest BCUT2D eigenvalue weighted by molar-refractivity contribution is 5.20. The molecule has 0 aliphatic rings. The molecule has 0 amide bonds. The Balaban J connectivity index is 2.25. The van der Waals surface area contributed by atoms with E-state index in [1.165, 1.54) is 12.3 Å². The molecule has 72 valence electrons. The second-order valence-corrected chi connectivity index (χ2v) is 2.40. The largest absolute Gasteiger partial charge is 0.506 e. The molecular weight excluding hydrogens is 170 g/mol. The molecule has 13 heavy (non-hydrogen) atoms. The number of pyridine rings is 1. The van der Waals surface area contributed by atoms with E-state index >= 15 is 0 Å². The highest BCUT2D eigenvalue weighted by atomic mass is 16.5. The average Bonchev–Trinajstić information content (AvgIpc) is 2.15. The molecule has 0 bridgehead atoms. The van der Waals surface area contributed by atoms with Crippen LogP contribution >= 0.6 is 0 Å². The van der Waals surface area contributed by atoms with E-state index in [9.17, 15) is 0 Å². The van der Waals surface area contributed by atoms with Crippen molar-refractivity contribution < 1.29 is 14.6 Å². The average molecular weight is 183 g/mol. The van der Waals surface area contributed by atoms with Crippen molar-refractivity contribution in [2.75, 3.05) is 19.8 Å². The quantitative estimate of drug-likeness (QED) is 0.697. The standard InChI is InChI=1S/C9H13NO3/c1-2-12-5-6-13-9-4-3-8(11)7-10-9/h3-4,7,11H,2,5-6H2,1H3. The van der Waals surface area contributed by atoms with Crippen molar-refractivity contribution in [3.63, 3.8) is 0 Å². The van der Waals surface area contributed by atoms with Gasteiger partial charge < -0.3 is 14.6 Å². The van der Waals surface area contributed by atoms with Gasteiger partial charge in [-0.1, -0.05) is 0 Å². The van der Waals surface area contributed by atoms with Gasteiger partial charge >= 0.3 is 0 Å². The van der Waals surface area contributed by atoms with Crippen molar-refractivity contribution in [2.45, 2.75) is 6.92 Å². The number of hydrogen-bond acceptors (Lipinski definition) is 4. The zero-order valence-electron chi connectivity index (χ0n) is 7.56. The molecule has 1 aromatic rings. The van der Waals surface area contributed by atoms with Crippen molar-refractivity contribution in [3.8, 4) is 11.6 Å². The molecule has 0 saturated heterocycles. The van der Waals surface area contributed by atoms with Gasteiger partial charge in [0.1, 0.15) is 12.4 Å². The minimum atomic E-state index is 0.136. The predicted octanol–water partition coefficient (Wildman–Crippen LogP) is 1.20. The normalized spacial score (nSPS) is 9.92. The molecule has 0 radical (unpaired) electrons. The van der Waals surface area contributed by atoms with Crippen LogP contribution in [-0.4, -0.2) is 29.9 Å². The van der Waals surface area contributed by atoms with Gasteiger partial charge in [0.2, 0.25) is 5.88 Å². The Labute approximate surface area is 77.1 Å². The molecule has 4 nitrogen and oxygen atoms in total. The second-order valence-electron chi connectivity index (χ2n) is 2.40. The van der Waals surface area contributed by atoms with Crippen LogP contribution in [0.3, 0.4) is 0 Å². The molecule has 0 aromatic carbocycles. The summed E-state index contributed by atoms with van der Waals surface area (Å²) in [5, 5.41) is 8.92. The summed E-state index contributed by atoms with van der Waals surface area (Å²) in [6.07, 6.45) is 1.34. The highest BCUT2D eigenvalue weighted by Gasteiger charge is 1.94. The summed E-state index contributed by atoms with van der Waals surface area (Å²) >= 11 is 0. The maximum atomic E-state index is 8.92. The highest BCUT2D eigenvalue weighted by Crippen LogP contribution is 2.11. The van der Waals surface area contributed by atoms with E-state index in [1.54, 1.807) is 6.07 Å². The van der Waals surface area contributed by atoms with Crippen LogP contribution in [0.15, 0.2) is 18.3 Å². The number of rotatable bonds is 5. The Morgan fingerprint density at radius 3 is 2.85 bits per heavy atom. The minimum absolute atomic E-state index is 0.136. The van der Waals surface area contributed by atoms with E-state index in [1.807, 2.05) is 6.92 Å². The second kappa shape index (κ2) is 5.37. The van der Waals surface area contributed by atoms with Gasteiger partial charge in [-0.25, -0.2) is 4.98 Å². The van der Waals surface area contributed by atoms with Crippen molar-refractivity contribution in [1.82, 2.24) is 4.98 Å². The molecule has 1 rings (SSSR count). The number of hydrogen-bond donors (Lipinski definition) is 1. The Morgan fingerprint density at radius 2 is 2.23 bits per heavy atom. The predicted molar refractivity (Wildman–Crippen MR) is 47.9 cm³/mol. The summed E-state index contributed by atoms with van der Waals surface area (Å²) in [4.78, 5) is 3.85. The van der Waals surface area contributed by atoms with Crippen LogP contribution < -0.4 is 4.74 Å². The fourth-order valence-electron chi connectivity index (χ4n) is 0.807.